The van der Waals surface area contributed by atoms with Crippen LogP contribution in [0.25, 0.3) is 11.0 Å². The Labute approximate surface area is 157 Å². The SMILES string of the molecule is CC(=O)c1ccc(N2CCN(C(=O)c3ccc4nccnc4c3)CC2)cc1. The van der Waals surface area contributed by atoms with E-state index in [1.807, 2.05) is 41.3 Å². The van der Waals surface area contributed by atoms with Crippen LogP contribution in [0, 0.1) is 0 Å². The van der Waals surface area contributed by atoms with Gasteiger partial charge < -0.3 is 9.80 Å². The first-order valence-corrected chi connectivity index (χ1v) is 8.98. The first kappa shape index (κ1) is 17.1. The number of ketones is 1. The number of benzene rings is 2. The molecule has 1 fully saturated rings. The van der Waals surface area contributed by atoms with E-state index in [4.69, 9.17) is 0 Å². The fourth-order valence-electron chi connectivity index (χ4n) is 3.35. The smallest absolute Gasteiger partial charge is 0.254 e. The van der Waals surface area contributed by atoms with E-state index in [2.05, 4.69) is 14.9 Å². The molecule has 0 aliphatic carbocycles. The van der Waals surface area contributed by atoms with Crippen LogP contribution in [0.5, 0.6) is 0 Å². The second-order valence-electron chi connectivity index (χ2n) is 6.64. The van der Waals surface area contributed by atoms with Crippen molar-refractivity contribution in [3.05, 3.63) is 66.0 Å². The molecule has 2 aromatic carbocycles. The molecule has 0 unspecified atom stereocenters. The van der Waals surface area contributed by atoms with Crippen molar-refractivity contribution < 1.29 is 9.59 Å². The van der Waals surface area contributed by atoms with Gasteiger partial charge >= 0.3 is 0 Å². The highest BCUT2D eigenvalue weighted by molar-refractivity contribution is 5.97. The molecule has 1 aromatic heterocycles. The van der Waals surface area contributed by atoms with Gasteiger partial charge in [-0.3, -0.25) is 19.6 Å². The molecular formula is C21H20N4O2. The van der Waals surface area contributed by atoms with Gasteiger partial charge in [0.2, 0.25) is 0 Å². The standard InChI is InChI=1S/C21H20N4O2/c1-15(26)16-2-5-18(6-3-16)24-10-12-25(13-11-24)21(27)17-4-7-19-20(14-17)23-9-8-22-19/h2-9,14H,10-13H2,1H3. The molecule has 0 saturated carbocycles. The van der Waals surface area contributed by atoms with Gasteiger partial charge in [0.15, 0.2) is 5.78 Å². The van der Waals surface area contributed by atoms with E-state index in [-0.39, 0.29) is 11.7 Å². The number of amides is 1. The average Bonchev–Trinajstić information content (AvgIpc) is 2.73. The Hall–Kier alpha value is -3.28. The molecule has 0 N–H and O–H groups in total. The Morgan fingerprint density at radius 2 is 1.44 bits per heavy atom. The Bertz CT molecular complexity index is 992. The van der Waals surface area contributed by atoms with Crippen molar-refractivity contribution in [2.24, 2.45) is 0 Å². The lowest BCUT2D eigenvalue weighted by molar-refractivity contribution is 0.0746. The van der Waals surface area contributed by atoms with Crippen LogP contribution in [0.3, 0.4) is 0 Å². The maximum Gasteiger partial charge on any atom is 0.254 e. The molecule has 6 heteroatoms. The molecule has 6 nitrogen and oxygen atoms in total. The summed E-state index contributed by atoms with van der Waals surface area (Å²) in [5.74, 6) is 0.0890. The number of aromatic nitrogens is 2. The predicted octanol–water partition coefficient (Wildman–Crippen LogP) is 2.79. The molecule has 1 aliphatic rings. The lowest BCUT2D eigenvalue weighted by atomic mass is 10.1. The second kappa shape index (κ2) is 7.15. The summed E-state index contributed by atoms with van der Waals surface area (Å²) in [7, 11) is 0. The Kier molecular flexibility index (Phi) is 4.54. The number of carbonyl (C=O) groups excluding carboxylic acids is 2. The maximum atomic E-state index is 12.8. The summed E-state index contributed by atoms with van der Waals surface area (Å²) in [4.78, 5) is 36.9. The third kappa shape index (κ3) is 3.51. The van der Waals surface area contributed by atoms with E-state index in [0.717, 1.165) is 29.8 Å². The van der Waals surface area contributed by atoms with Crippen molar-refractivity contribution in [2.75, 3.05) is 31.1 Å². The number of fused-ring (bicyclic) bond motifs is 1. The molecule has 136 valence electrons. The zero-order chi connectivity index (χ0) is 18.8. The normalized spacial score (nSPS) is 14.4. The van der Waals surface area contributed by atoms with Crippen molar-refractivity contribution in [3.8, 4) is 0 Å². The van der Waals surface area contributed by atoms with Crippen LogP contribution >= 0.6 is 0 Å². The summed E-state index contributed by atoms with van der Waals surface area (Å²) in [5.41, 5.74) is 3.95. The van der Waals surface area contributed by atoms with Crippen LogP contribution in [0.2, 0.25) is 0 Å². The van der Waals surface area contributed by atoms with Crippen LogP contribution in [-0.4, -0.2) is 52.7 Å². The quantitative estimate of drug-likeness (QED) is 0.672. The van der Waals surface area contributed by atoms with Gasteiger partial charge in [0.1, 0.15) is 0 Å². The van der Waals surface area contributed by atoms with Gasteiger partial charge in [-0.15, -0.1) is 0 Å². The van der Waals surface area contributed by atoms with Crippen LogP contribution in [-0.2, 0) is 0 Å². The van der Waals surface area contributed by atoms with E-state index in [9.17, 15) is 9.59 Å². The van der Waals surface area contributed by atoms with E-state index >= 15 is 0 Å². The molecule has 1 saturated heterocycles. The summed E-state index contributed by atoms with van der Waals surface area (Å²) in [5, 5.41) is 0. The number of rotatable bonds is 3. The highest BCUT2D eigenvalue weighted by Crippen LogP contribution is 2.19. The first-order chi connectivity index (χ1) is 13.1. The third-order valence-corrected chi connectivity index (χ3v) is 4.92. The Morgan fingerprint density at radius 3 is 2.11 bits per heavy atom. The van der Waals surface area contributed by atoms with Crippen LogP contribution in [0.4, 0.5) is 5.69 Å². The molecule has 3 aromatic rings. The molecule has 0 bridgehead atoms. The van der Waals surface area contributed by atoms with E-state index < -0.39 is 0 Å². The minimum absolute atomic E-state index is 0.0223. The van der Waals surface area contributed by atoms with Gasteiger partial charge in [-0.25, -0.2) is 0 Å². The lowest BCUT2D eigenvalue weighted by Crippen LogP contribution is -2.48. The highest BCUT2D eigenvalue weighted by Gasteiger charge is 2.22. The molecule has 1 aliphatic heterocycles. The predicted molar refractivity (Wildman–Crippen MR) is 104 cm³/mol. The number of Topliss-reactive ketones (excluding diaryl/α,β-unsaturated/α-hetero) is 1. The number of piperazine rings is 1. The lowest BCUT2D eigenvalue weighted by Gasteiger charge is -2.36. The second-order valence-corrected chi connectivity index (χ2v) is 6.64. The van der Waals surface area contributed by atoms with Crippen LogP contribution in [0.1, 0.15) is 27.6 Å². The van der Waals surface area contributed by atoms with Gasteiger partial charge in [-0.2, -0.15) is 0 Å². The van der Waals surface area contributed by atoms with Crippen molar-refractivity contribution in [1.82, 2.24) is 14.9 Å². The number of carbonyl (C=O) groups is 2. The number of hydrogen-bond acceptors (Lipinski definition) is 5. The number of anilines is 1. The molecule has 2 heterocycles. The topological polar surface area (TPSA) is 66.4 Å². The minimum Gasteiger partial charge on any atom is -0.368 e. The van der Waals surface area contributed by atoms with Gasteiger partial charge in [0.25, 0.3) is 5.91 Å². The maximum absolute atomic E-state index is 12.8. The van der Waals surface area contributed by atoms with E-state index in [1.165, 1.54) is 0 Å². The summed E-state index contributed by atoms with van der Waals surface area (Å²) < 4.78 is 0. The molecule has 0 atom stereocenters. The fraction of sp³-hybridized carbons (Fsp3) is 0.238. The molecule has 27 heavy (non-hydrogen) atoms. The summed E-state index contributed by atoms with van der Waals surface area (Å²) in [6.07, 6.45) is 3.28. The van der Waals surface area contributed by atoms with Crippen LogP contribution in [0.15, 0.2) is 54.9 Å². The fourth-order valence-corrected chi connectivity index (χ4v) is 3.35. The Balaban J connectivity index is 1.43. The van der Waals surface area contributed by atoms with Crippen molar-refractivity contribution in [2.45, 2.75) is 6.92 Å². The Morgan fingerprint density at radius 1 is 0.815 bits per heavy atom. The van der Waals surface area contributed by atoms with Gasteiger partial charge in [0.05, 0.1) is 11.0 Å². The van der Waals surface area contributed by atoms with Gasteiger partial charge in [-0.05, 0) is 49.4 Å². The summed E-state index contributed by atoms with van der Waals surface area (Å²) >= 11 is 0. The summed E-state index contributed by atoms with van der Waals surface area (Å²) in [6, 6.07) is 13.1. The molecular weight excluding hydrogens is 340 g/mol. The highest BCUT2D eigenvalue weighted by atomic mass is 16.2. The van der Waals surface area contributed by atoms with Crippen LogP contribution < -0.4 is 4.90 Å². The largest absolute Gasteiger partial charge is 0.368 e. The third-order valence-electron chi connectivity index (χ3n) is 4.92. The van der Waals surface area contributed by atoms with E-state index in [0.29, 0.717) is 24.2 Å². The molecule has 0 radical (unpaired) electrons. The van der Waals surface area contributed by atoms with Crippen molar-refractivity contribution >= 4 is 28.4 Å². The van der Waals surface area contributed by atoms with Crippen molar-refractivity contribution in [3.63, 3.8) is 0 Å². The zero-order valence-electron chi connectivity index (χ0n) is 15.1. The monoisotopic (exact) mass is 360 g/mol. The summed E-state index contributed by atoms with van der Waals surface area (Å²) in [6.45, 7) is 4.41. The molecule has 0 spiro atoms. The minimum atomic E-state index is 0.0223. The van der Waals surface area contributed by atoms with Gasteiger partial charge in [0, 0.05) is 55.4 Å². The first-order valence-electron chi connectivity index (χ1n) is 8.98. The average molecular weight is 360 g/mol. The van der Waals surface area contributed by atoms with Gasteiger partial charge in [-0.1, -0.05) is 0 Å². The number of nitrogens with zero attached hydrogens (tertiary/aromatic N) is 4. The molecule has 4 rings (SSSR count). The zero-order valence-corrected chi connectivity index (χ0v) is 15.1. The van der Waals surface area contributed by atoms with E-state index in [1.54, 1.807) is 25.4 Å². The van der Waals surface area contributed by atoms with Crippen molar-refractivity contribution in [1.29, 1.82) is 0 Å². The molecule has 1 amide bonds. The number of hydrogen-bond donors (Lipinski definition) is 0.